The minimum atomic E-state index is -4.01. The van der Waals surface area contributed by atoms with E-state index in [1.165, 1.54) is 19.2 Å². The summed E-state index contributed by atoms with van der Waals surface area (Å²) < 4.78 is 30.7. The highest BCUT2D eigenvalue weighted by Gasteiger charge is 2.23. The molecule has 8 nitrogen and oxygen atoms in total. The van der Waals surface area contributed by atoms with Crippen molar-refractivity contribution >= 4 is 33.2 Å². The van der Waals surface area contributed by atoms with Gasteiger partial charge in [-0.05, 0) is 49.2 Å². The van der Waals surface area contributed by atoms with E-state index in [2.05, 4.69) is 15.3 Å². The molecule has 31 heavy (non-hydrogen) atoms. The van der Waals surface area contributed by atoms with Crippen molar-refractivity contribution in [1.82, 2.24) is 9.97 Å². The zero-order valence-corrected chi connectivity index (χ0v) is 18.8. The Kier molecular flexibility index (Phi) is 6.81. The van der Waals surface area contributed by atoms with Gasteiger partial charge >= 0.3 is 0 Å². The Bertz CT molecular complexity index is 1290. The third-order valence-electron chi connectivity index (χ3n) is 4.51. The smallest absolute Gasteiger partial charge is 0.270 e. The Balaban J connectivity index is 1.71. The fourth-order valence-electron chi connectivity index (χ4n) is 2.67. The molecule has 0 aliphatic carbocycles. The number of carbonyl (C=O) groups is 1. The average molecular weight is 460 g/mol. The monoisotopic (exact) mass is 459 g/mol. The lowest BCUT2D eigenvalue weighted by molar-refractivity contribution is -0.113. The van der Waals surface area contributed by atoms with Crippen LogP contribution < -0.4 is 15.6 Å². The molecule has 1 amide bonds. The highest BCUT2D eigenvalue weighted by Crippen LogP contribution is 2.21. The summed E-state index contributed by atoms with van der Waals surface area (Å²) in [7, 11) is -2.48. The minimum absolute atomic E-state index is 0.0244. The maximum atomic E-state index is 12.8. The summed E-state index contributed by atoms with van der Waals surface area (Å²) in [5.41, 5.74) is 1.54. The molecule has 0 fully saturated rings. The fraction of sp³-hybridized carbons (Fsp3) is 0.190. The van der Waals surface area contributed by atoms with Gasteiger partial charge in [0.1, 0.15) is 5.75 Å². The molecule has 2 N–H and O–H groups in total. The predicted molar refractivity (Wildman–Crippen MR) is 119 cm³/mol. The number of anilines is 1. The second-order valence-corrected chi connectivity index (χ2v) is 9.58. The number of thioether (sulfide) groups is 1. The second kappa shape index (κ2) is 9.36. The summed E-state index contributed by atoms with van der Waals surface area (Å²) >= 11 is 0.987. The van der Waals surface area contributed by atoms with Crippen molar-refractivity contribution < 1.29 is 17.9 Å². The largest absolute Gasteiger partial charge is 0.497 e. The lowest BCUT2D eigenvalue weighted by Gasteiger charge is -2.08. The summed E-state index contributed by atoms with van der Waals surface area (Å²) in [6.07, 6.45) is 1.02. The maximum absolute atomic E-state index is 12.8. The standard InChI is InChI=1S/C21H21N3O5S2/c1-13-7-8-17(9-14(13)2)31(27,28)18-11-22-21(24-20(18)26)30-12-19(25)23-15-5-4-6-16(10-15)29-3/h4-11H,12H2,1-3H3,(H,23,25)(H,22,24,26). The number of rotatable bonds is 7. The summed E-state index contributed by atoms with van der Waals surface area (Å²) in [6.45, 7) is 3.67. The highest BCUT2D eigenvalue weighted by atomic mass is 32.2. The van der Waals surface area contributed by atoms with E-state index < -0.39 is 20.3 Å². The zero-order valence-electron chi connectivity index (χ0n) is 17.1. The molecule has 3 aromatic rings. The molecular weight excluding hydrogens is 438 g/mol. The van der Waals surface area contributed by atoms with Crippen LogP contribution in [-0.4, -0.2) is 37.2 Å². The van der Waals surface area contributed by atoms with Crippen LogP contribution in [0.2, 0.25) is 0 Å². The molecule has 0 atom stereocenters. The number of hydrogen-bond acceptors (Lipinski definition) is 7. The Labute approximate surface area is 184 Å². The van der Waals surface area contributed by atoms with Crippen molar-refractivity contribution in [2.24, 2.45) is 0 Å². The quantitative estimate of drug-likeness (QED) is 0.412. The molecule has 3 rings (SSSR count). The molecular formula is C21H21N3O5S2. The van der Waals surface area contributed by atoms with Gasteiger partial charge in [0.05, 0.1) is 24.0 Å². The molecule has 0 spiro atoms. The number of benzene rings is 2. The van der Waals surface area contributed by atoms with Gasteiger partial charge in [0.2, 0.25) is 15.7 Å². The first-order valence-corrected chi connectivity index (χ1v) is 11.7. The van der Waals surface area contributed by atoms with E-state index >= 15 is 0 Å². The van der Waals surface area contributed by atoms with E-state index in [4.69, 9.17) is 4.74 Å². The van der Waals surface area contributed by atoms with Gasteiger partial charge in [0.15, 0.2) is 10.1 Å². The van der Waals surface area contributed by atoms with Crippen LogP contribution in [0.4, 0.5) is 5.69 Å². The van der Waals surface area contributed by atoms with Crippen LogP contribution in [0.1, 0.15) is 11.1 Å². The molecule has 162 valence electrons. The Morgan fingerprint density at radius 2 is 1.94 bits per heavy atom. The third-order valence-corrected chi connectivity index (χ3v) is 7.15. The SMILES string of the molecule is COc1cccc(NC(=O)CSc2ncc(S(=O)(=O)c3ccc(C)c(C)c3)c(=O)[nH]2)c1. The molecule has 0 aliphatic rings. The first-order chi connectivity index (χ1) is 14.7. The normalized spacial score (nSPS) is 11.2. The summed E-state index contributed by atoms with van der Waals surface area (Å²) in [5.74, 6) is 0.272. The van der Waals surface area contributed by atoms with Crippen LogP contribution >= 0.6 is 11.8 Å². The molecule has 2 aromatic carbocycles. The van der Waals surface area contributed by atoms with Gasteiger partial charge in [-0.3, -0.25) is 9.59 Å². The number of hydrogen-bond donors (Lipinski definition) is 2. The molecule has 1 aromatic heterocycles. The van der Waals surface area contributed by atoms with E-state index in [1.54, 1.807) is 37.3 Å². The van der Waals surface area contributed by atoms with Crippen LogP contribution in [0.5, 0.6) is 5.75 Å². The van der Waals surface area contributed by atoms with Crippen LogP contribution in [0.3, 0.4) is 0 Å². The van der Waals surface area contributed by atoms with Gasteiger partial charge in [0.25, 0.3) is 5.56 Å². The van der Waals surface area contributed by atoms with E-state index in [9.17, 15) is 18.0 Å². The van der Waals surface area contributed by atoms with Gasteiger partial charge in [-0.2, -0.15) is 0 Å². The van der Waals surface area contributed by atoms with Gasteiger partial charge in [0, 0.05) is 11.8 Å². The van der Waals surface area contributed by atoms with Crippen molar-refractivity contribution in [3.63, 3.8) is 0 Å². The second-order valence-electron chi connectivity index (χ2n) is 6.70. The molecule has 0 bridgehead atoms. The van der Waals surface area contributed by atoms with Crippen molar-refractivity contribution in [2.75, 3.05) is 18.2 Å². The maximum Gasteiger partial charge on any atom is 0.270 e. The van der Waals surface area contributed by atoms with Crippen LogP contribution in [0.15, 0.2) is 68.4 Å². The molecule has 0 radical (unpaired) electrons. The van der Waals surface area contributed by atoms with E-state index in [-0.39, 0.29) is 21.7 Å². The lowest BCUT2D eigenvalue weighted by Crippen LogP contribution is -2.20. The molecule has 0 saturated carbocycles. The Morgan fingerprint density at radius 1 is 1.16 bits per heavy atom. The van der Waals surface area contributed by atoms with Crippen LogP contribution in [-0.2, 0) is 14.6 Å². The fourth-order valence-corrected chi connectivity index (χ4v) is 4.62. The molecule has 0 saturated heterocycles. The number of aromatic nitrogens is 2. The zero-order chi connectivity index (χ0) is 22.6. The van der Waals surface area contributed by atoms with E-state index in [0.717, 1.165) is 29.1 Å². The number of aryl methyl sites for hydroxylation is 2. The molecule has 0 unspecified atom stereocenters. The molecule has 10 heteroatoms. The number of nitrogens with zero attached hydrogens (tertiary/aromatic N) is 1. The summed E-state index contributed by atoms with van der Waals surface area (Å²) in [4.78, 5) is 30.6. The minimum Gasteiger partial charge on any atom is -0.497 e. The number of nitrogens with one attached hydrogen (secondary N) is 2. The summed E-state index contributed by atoms with van der Waals surface area (Å²) in [6, 6.07) is 11.6. The first kappa shape index (κ1) is 22.6. The number of ether oxygens (including phenoxy) is 1. The molecule has 0 aliphatic heterocycles. The number of methoxy groups -OCH3 is 1. The number of amides is 1. The van der Waals surface area contributed by atoms with Crippen LogP contribution in [0, 0.1) is 13.8 Å². The summed E-state index contributed by atoms with van der Waals surface area (Å²) in [5, 5.41) is 2.86. The third kappa shape index (κ3) is 5.33. The highest BCUT2D eigenvalue weighted by molar-refractivity contribution is 7.99. The van der Waals surface area contributed by atoms with Gasteiger partial charge in [-0.15, -0.1) is 0 Å². The van der Waals surface area contributed by atoms with Gasteiger partial charge in [-0.1, -0.05) is 23.9 Å². The predicted octanol–water partition coefficient (Wildman–Crippen LogP) is 2.96. The van der Waals surface area contributed by atoms with Gasteiger partial charge in [-0.25, -0.2) is 13.4 Å². The number of aromatic amines is 1. The molecule has 1 heterocycles. The van der Waals surface area contributed by atoms with E-state index in [1.807, 2.05) is 6.92 Å². The number of H-pyrrole nitrogens is 1. The lowest BCUT2D eigenvalue weighted by atomic mass is 10.1. The van der Waals surface area contributed by atoms with Gasteiger partial charge < -0.3 is 15.0 Å². The first-order valence-electron chi connectivity index (χ1n) is 9.19. The van der Waals surface area contributed by atoms with Crippen LogP contribution in [0.25, 0.3) is 0 Å². The van der Waals surface area contributed by atoms with E-state index in [0.29, 0.717) is 11.4 Å². The number of sulfone groups is 1. The van der Waals surface area contributed by atoms with Crippen molar-refractivity contribution in [1.29, 1.82) is 0 Å². The Hall–Kier alpha value is -3.11. The average Bonchev–Trinajstić information content (AvgIpc) is 2.74. The van der Waals surface area contributed by atoms with Crippen molar-refractivity contribution in [3.05, 3.63) is 70.1 Å². The topological polar surface area (TPSA) is 118 Å². The Morgan fingerprint density at radius 3 is 2.61 bits per heavy atom. The number of carbonyl (C=O) groups excluding carboxylic acids is 1. The van der Waals surface area contributed by atoms with Crippen molar-refractivity contribution in [3.8, 4) is 5.75 Å². The van der Waals surface area contributed by atoms with Crippen molar-refractivity contribution in [2.45, 2.75) is 28.8 Å².